The molecule has 0 aliphatic carbocycles. The summed E-state index contributed by atoms with van der Waals surface area (Å²) < 4.78 is 33.6. The van der Waals surface area contributed by atoms with Gasteiger partial charge in [0.1, 0.15) is 11.6 Å². The van der Waals surface area contributed by atoms with Gasteiger partial charge in [0.25, 0.3) is 0 Å². The summed E-state index contributed by atoms with van der Waals surface area (Å²) in [6, 6.07) is 6.45. The molecule has 0 radical (unpaired) electrons. The number of alkyl halides is 2. The fourth-order valence-electron chi connectivity index (χ4n) is 2.57. The minimum Gasteiger partial charge on any atom is -0.490 e. The number of amides is 1. The number of hydrogen-bond donors (Lipinski definition) is 2. The smallest absolute Gasteiger partial charge is 0.303 e. The standard InChI is InChI=1S/C20H20F2N6O2/c1-4-30-16-11-24-17(25-12(2)29)9-15(16)26-18-8-14(13-6-5-7-23-10-13)27-19(28-18)20(3,21)22/h5-11H,4H2,1-3H3,(H2,24,25,26,27,28,29). The highest BCUT2D eigenvalue weighted by Gasteiger charge is 2.29. The summed E-state index contributed by atoms with van der Waals surface area (Å²) in [7, 11) is 0. The number of pyridine rings is 2. The van der Waals surface area contributed by atoms with Crippen molar-refractivity contribution in [2.75, 3.05) is 17.2 Å². The van der Waals surface area contributed by atoms with Crippen LogP contribution in [0.1, 0.15) is 26.6 Å². The zero-order valence-electron chi connectivity index (χ0n) is 16.6. The summed E-state index contributed by atoms with van der Waals surface area (Å²) in [5.74, 6) is -3.42. The van der Waals surface area contributed by atoms with Crippen LogP contribution in [0.4, 0.5) is 26.1 Å². The molecule has 0 aromatic carbocycles. The molecule has 0 fully saturated rings. The molecule has 0 bridgehead atoms. The lowest BCUT2D eigenvalue weighted by Crippen LogP contribution is -2.14. The van der Waals surface area contributed by atoms with Crippen LogP contribution in [-0.4, -0.2) is 32.4 Å². The van der Waals surface area contributed by atoms with Crippen molar-refractivity contribution in [1.82, 2.24) is 19.9 Å². The van der Waals surface area contributed by atoms with Crippen LogP contribution in [0.25, 0.3) is 11.3 Å². The van der Waals surface area contributed by atoms with Crippen LogP contribution in [-0.2, 0) is 10.7 Å². The molecule has 3 aromatic rings. The summed E-state index contributed by atoms with van der Waals surface area (Å²) in [5, 5.41) is 5.54. The highest BCUT2D eigenvalue weighted by Crippen LogP contribution is 2.32. The zero-order chi connectivity index (χ0) is 21.7. The van der Waals surface area contributed by atoms with Crippen LogP contribution < -0.4 is 15.4 Å². The number of carbonyl (C=O) groups excluding carboxylic acids is 1. The van der Waals surface area contributed by atoms with Crippen LogP contribution >= 0.6 is 0 Å². The normalized spacial score (nSPS) is 11.1. The van der Waals surface area contributed by atoms with Gasteiger partial charge >= 0.3 is 5.92 Å². The minimum atomic E-state index is -3.25. The van der Waals surface area contributed by atoms with Crippen molar-refractivity contribution in [1.29, 1.82) is 0 Å². The number of anilines is 3. The first-order valence-corrected chi connectivity index (χ1v) is 9.11. The van der Waals surface area contributed by atoms with Gasteiger partial charge in [-0.15, -0.1) is 0 Å². The predicted octanol–water partition coefficient (Wildman–Crippen LogP) is 4.15. The molecule has 0 atom stereocenters. The number of hydrogen-bond acceptors (Lipinski definition) is 7. The van der Waals surface area contributed by atoms with Crippen molar-refractivity contribution in [3.05, 3.63) is 48.7 Å². The van der Waals surface area contributed by atoms with Crippen LogP contribution in [0.15, 0.2) is 42.9 Å². The molecule has 30 heavy (non-hydrogen) atoms. The average Bonchev–Trinajstić information content (AvgIpc) is 2.69. The minimum absolute atomic E-state index is 0.126. The van der Waals surface area contributed by atoms with Gasteiger partial charge < -0.3 is 15.4 Å². The molecule has 2 N–H and O–H groups in total. The van der Waals surface area contributed by atoms with E-state index in [1.165, 1.54) is 31.5 Å². The number of ether oxygens (including phenoxy) is 1. The van der Waals surface area contributed by atoms with Gasteiger partial charge in [0.2, 0.25) is 11.7 Å². The molecule has 0 unspecified atom stereocenters. The maximum absolute atomic E-state index is 14.0. The molecule has 0 spiro atoms. The van der Waals surface area contributed by atoms with Gasteiger partial charge in [-0.1, -0.05) is 0 Å². The highest BCUT2D eigenvalue weighted by molar-refractivity contribution is 5.88. The van der Waals surface area contributed by atoms with Crippen molar-refractivity contribution >= 4 is 23.2 Å². The van der Waals surface area contributed by atoms with E-state index in [4.69, 9.17) is 4.74 Å². The molecule has 0 saturated heterocycles. The number of aromatic nitrogens is 4. The third kappa shape index (κ3) is 5.22. The second kappa shape index (κ2) is 8.76. The molecule has 8 nitrogen and oxygen atoms in total. The molecule has 0 aliphatic heterocycles. The number of halogens is 2. The van der Waals surface area contributed by atoms with E-state index >= 15 is 0 Å². The largest absolute Gasteiger partial charge is 0.490 e. The Bertz CT molecular complexity index is 1040. The second-order valence-corrected chi connectivity index (χ2v) is 6.40. The molecule has 3 heterocycles. The Labute approximate surface area is 171 Å². The van der Waals surface area contributed by atoms with E-state index in [1.54, 1.807) is 25.3 Å². The molecular weight excluding hydrogens is 394 g/mol. The van der Waals surface area contributed by atoms with E-state index < -0.39 is 11.7 Å². The lowest BCUT2D eigenvalue weighted by Gasteiger charge is -2.16. The van der Waals surface area contributed by atoms with E-state index in [-0.39, 0.29) is 23.2 Å². The molecule has 3 aromatic heterocycles. The molecule has 3 rings (SSSR count). The number of nitrogens with one attached hydrogen (secondary N) is 2. The predicted molar refractivity (Wildman–Crippen MR) is 108 cm³/mol. The van der Waals surface area contributed by atoms with Crippen molar-refractivity contribution in [3.63, 3.8) is 0 Å². The maximum Gasteiger partial charge on any atom is 0.303 e. The highest BCUT2D eigenvalue weighted by atomic mass is 19.3. The van der Waals surface area contributed by atoms with E-state index in [0.717, 1.165) is 6.92 Å². The topological polar surface area (TPSA) is 102 Å². The summed E-state index contributed by atoms with van der Waals surface area (Å²) in [4.78, 5) is 27.4. The number of nitrogens with zero attached hydrogens (tertiary/aromatic N) is 4. The Morgan fingerprint density at radius 2 is 2.00 bits per heavy atom. The molecule has 1 amide bonds. The first-order valence-electron chi connectivity index (χ1n) is 9.11. The molecule has 10 heteroatoms. The van der Waals surface area contributed by atoms with Gasteiger partial charge in [0, 0.05) is 43.9 Å². The van der Waals surface area contributed by atoms with Crippen molar-refractivity contribution < 1.29 is 18.3 Å². The second-order valence-electron chi connectivity index (χ2n) is 6.40. The van der Waals surface area contributed by atoms with Crippen molar-refractivity contribution in [3.8, 4) is 17.0 Å². The molecular formula is C20H20F2N6O2. The van der Waals surface area contributed by atoms with Gasteiger partial charge in [-0.3, -0.25) is 9.78 Å². The van der Waals surface area contributed by atoms with Gasteiger partial charge in [-0.05, 0) is 19.1 Å². The fourth-order valence-corrected chi connectivity index (χ4v) is 2.57. The van der Waals surface area contributed by atoms with Gasteiger partial charge in [-0.25, -0.2) is 15.0 Å². The summed E-state index contributed by atoms with van der Waals surface area (Å²) in [6.45, 7) is 4.24. The third-order valence-electron chi connectivity index (χ3n) is 3.81. The monoisotopic (exact) mass is 414 g/mol. The Morgan fingerprint density at radius 3 is 2.63 bits per heavy atom. The van der Waals surface area contributed by atoms with Gasteiger partial charge in [0.15, 0.2) is 5.75 Å². The van der Waals surface area contributed by atoms with E-state index in [1.807, 2.05) is 0 Å². The average molecular weight is 414 g/mol. The Morgan fingerprint density at radius 1 is 1.20 bits per heavy atom. The summed E-state index contributed by atoms with van der Waals surface area (Å²) >= 11 is 0. The molecule has 0 saturated carbocycles. The van der Waals surface area contributed by atoms with E-state index in [9.17, 15) is 13.6 Å². The Balaban J connectivity index is 2.06. The van der Waals surface area contributed by atoms with E-state index in [0.29, 0.717) is 23.6 Å². The molecule has 0 aliphatic rings. The fraction of sp³-hybridized carbons (Fsp3) is 0.250. The zero-order valence-corrected chi connectivity index (χ0v) is 16.6. The first kappa shape index (κ1) is 21.0. The lowest BCUT2D eigenvalue weighted by atomic mass is 10.2. The van der Waals surface area contributed by atoms with Crippen LogP contribution in [0.5, 0.6) is 5.75 Å². The maximum atomic E-state index is 14.0. The Kier molecular flexibility index (Phi) is 6.14. The Hall–Kier alpha value is -3.69. The summed E-state index contributed by atoms with van der Waals surface area (Å²) in [5.41, 5.74) is 1.25. The molecule has 156 valence electrons. The third-order valence-corrected chi connectivity index (χ3v) is 3.81. The van der Waals surface area contributed by atoms with Crippen LogP contribution in [0.2, 0.25) is 0 Å². The van der Waals surface area contributed by atoms with Crippen molar-refractivity contribution in [2.45, 2.75) is 26.7 Å². The van der Waals surface area contributed by atoms with E-state index in [2.05, 4.69) is 30.6 Å². The van der Waals surface area contributed by atoms with Gasteiger partial charge in [-0.2, -0.15) is 8.78 Å². The SMILES string of the molecule is CCOc1cnc(NC(C)=O)cc1Nc1cc(-c2cccnc2)nc(C(C)(F)F)n1. The number of carbonyl (C=O) groups is 1. The summed E-state index contributed by atoms with van der Waals surface area (Å²) in [6.07, 6.45) is 4.53. The number of rotatable bonds is 7. The lowest BCUT2D eigenvalue weighted by molar-refractivity contribution is -0.114. The van der Waals surface area contributed by atoms with Gasteiger partial charge in [0.05, 0.1) is 24.2 Å². The quantitative estimate of drug-likeness (QED) is 0.599. The first-order chi connectivity index (χ1) is 14.3. The van der Waals surface area contributed by atoms with Crippen molar-refractivity contribution in [2.24, 2.45) is 0 Å². The van der Waals surface area contributed by atoms with Crippen LogP contribution in [0, 0.1) is 0 Å². The van der Waals surface area contributed by atoms with Crippen LogP contribution in [0.3, 0.4) is 0 Å².